The van der Waals surface area contributed by atoms with Crippen molar-refractivity contribution in [3.63, 3.8) is 0 Å². The first-order chi connectivity index (χ1) is 13.2. The zero-order chi connectivity index (χ0) is 18.6. The molecular weight excluding hydrogens is 376 g/mol. The molecule has 0 saturated carbocycles. The van der Waals surface area contributed by atoms with Gasteiger partial charge in [0, 0.05) is 22.0 Å². The zero-order valence-corrected chi connectivity index (χ0v) is 15.8. The van der Waals surface area contributed by atoms with Gasteiger partial charge in [-0.15, -0.1) is 11.3 Å². The number of nitrogens with one attached hydrogen (secondary N) is 1. The monoisotopic (exact) mass is 390 g/mol. The molecule has 0 spiro atoms. The van der Waals surface area contributed by atoms with Crippen molar-refractivity contribution in [2.45, 2.75) is 0 Å². The Morgan fingerprint density at radius 1 is 1.00 bits per heavy atom. The van der Waals surface area contributed by atoms with E-state index in [9.17, 15) is 4.79 Å². The van der Waals surface area contributed by atoms with Crippen molar-refractivity contribution in [3.05, 3.63) is 88.8 Å². The molecule has 3 aromatic carbocycles. The number of hydrogen-bond donors (Lipinski definition) is 1. The minimum Gasteiger partial charge on any atom is -0.298 e. The molecule has 5 heteroatoms. The molecule has 0 saturated heterocycles. The largest absolute Gasteiger partial charge is 0.298 e. The van der Waals surface area contributed by atoms with E-state index >= 15 is 0 Å². The van der Waals surface area contributed by atoms with Crippen LogP contribution in [-0.4, -0.2) is 10.9 Å². The van der Waals surface area contributed by atoms with Gasteiger partial charge in [0.15, 0.2) is 5.13 Å². The molecule has 0 aliphatic rings. The number of anilines is 1. The van der Waals surface area contributed by atoms with Gasteiger partial charge in [-0.3, -0.25) is 10.1 Å². The number of aromatic nitrogens is 1. The molecule has 0 atom stereocenters. The van der Waals surface area contributed by atoms with Crippen LogP contribution >= 0.6 is 22.9 Å². The fourth-order valence-electron chi connectivity index (χ4n) is 2.74. The maximum absolute atomic E-state index is 12.1. The third-order valence-corrected chi connectivity index (χ3v) is 5.05. The number of nitrogens with zero attached hydrogens (tertiary/aromatic N) is 1. The van der Waals surface area contributed by atoms with Gasteiger partial charge >= 0.3 is 0 Å². The molecule has 0 aliphatic heterocycles. The van der Waals surface area contributed by atoms with Crippen LogP contribution in [0.2, 0.25) is 5.02 Å². The van der Waals surface area contributed by atoms with Crippen molar-refractivity contribution in [2.24, 2.45) is 0 Å². The van der Waals surface area contributed by atoms with Crippen molar-refractivity contribution in [2.75, 3.05) is 5.32 Å². The molecule has 132 valence electrons. The Kier molecular flexibility index (Phi) is 5.01. The van der Waals surface area contributed by atoms with E-state index in [-0.39, 0.29) is 5.91 Å². The molecule has 4 aromatic rings. The first kappa shape index (κ1) is 17.5. The summed E-state index contributed by atoms with van der Waals surface area (Å²) < 4.78 is 0. The predicted octanol–water partition coefficient (Wildman–Crippen LogP) is 6.27. The summed E-state index contributed by atoms with van der Waals surface area (Å²) in [5.74, 6) is -0.227. The van der Waals surface area contributed by atoms with Crippen molar-refractivity contribution < 1.29 is 4.79 Å². The summed E-state index contributed by atoms with van der Waals surface area (Å²) in [6.45, 7) is 0. The highest BCUT2D eigenvalue weighted by Crippen LogP contribution is 2.27. The highest BCUT2D eigenvalue weighted by Gasteiger charge is 2.07. The molecule has 0 bridgehead atoms. The number of benzene rings is 3. The number of amides is 1. The number of halogens is 1. The predicted molar refractivity (Wildman–Crippen MR) is 114 cm³/mol. The number of fused-ring (bicyclic) bond motifs is 1. The van der Waals surface area contributed by atoms with Gasteiger partial charge in [0.1, 0.15) is 0 Å². The number of hydrogen-bond acceptors (Lipinski definition) is 3. The topological polar surface area (TPSA) is 42.0 Å². The normalized spacial score (nSPS) is 11.1. The molecule has 0 aliphatic carbocycles. The summed E-state index contributed by atoms with van der Waals surface area (Å²) >= 11 is 7.35. The summed E-state index contributed by atoms with van der Waals surface area (Å²) in [5, 5.41) is 8.31. The molecule has 27 heavy (non-hydrogen) atoms. The van der Waals surface area contributed by atoms with Crippen molar-refractivity contribution in [1.82, 2.24) is 4.98 Å². The van der Waals surface area contributed by atoms with Crippen LogP contribution < -0.4 is 5.32 Å². The zero-order valence-electron chi connectivity index (χ0n) is 14.2. The smallest absolute Gasteiger partial charge is 0.250 e. The molecule has 0 fully saturated rings. The summed E-state index contributed by atoms with van der Waals surface area (Å²) in [7, 11) is 0. The number of rotatable bonds is 4. The number of carbonyl (C=O) groups is 1. The van der Waals surface area contributed by atoms with E-state index in [2.05, 4.69) is 34.6 Å². The first-order valence-corrected chi connectivity index (χ1v) is 9.62. The molecule has 1 N–H and O–H groups in total. The second-order valence-corrected chi connectivity index (χ2v) is 7.27. The first-order valence-electron chi connectivity index (χ1n) is 8.37. The second kappa shape index (κ2) is 7.74. The summed E-state index contributed by atoms with van der Waals surface area (Å²) in [5.41, 5.74) is 2.74. The summed E-state index contributed by atoms with van der Waals surface area (Å²) in [6, 6.07) is 21.8. The quantitative estimate of drug-likeness (QED) is 0.417. The van der Waals surface area contributed by atoms with Crippen LogP contribution in [0.15, 0.2) is 78.2 Å². The summed E-state index contributed by atoms with van der Waals surface area (Å²) in [4.78, 5) is 16.7. The minimum absolute atomic E-state index is 0.227. The van der Waals surface area contributed by atoms with E-state index in [1.54, 1.807) is 18.2 Å². The maximum atomic E-state index is 12.1. The van der Waals surface area contributed by atoms with Gasteiger partial charge in [0.05, 0.1) is 5.69 Å². The van der Waals surface area contributed by atoms with Gasteiger partial charge in [0.25, 0.3) is 0 Å². The Hall–Kier alpha value is -2.95. The average molecular weight is 391 g/mol. The van der Waals surface area contributed by atoms with Crippen LogP contribution in [0.3, 0.4) is 0 Å². The fraction of sp³-hybridized carbons (Fsp3) is 0. The van der Waals surface area contributed by atoms with E-state index in [4.69, 9.17) is 11.6 Å². The van der Waals surface area contributed by atoms with Crippen LogP contribution in [0, 0.1) is 0 Å². The molecular formula is C22H15ClN2OS. The van der Waals surface area contributed by atoms with Crippen molar-refractivity contribution in [3.8, 4) is 11.3 Å². The number of carbonyl (C=O) groups excluding carboxylic acids is 1. The lowest BCUT2D eigenvalue weighted by atomic mass is 10.1. The molecule has 0 radical (unpaired) electrons. The highest BCUT2D eigenvalue weighted by atomic mass is 35.5. The Morgan fingerprint density at radius 3 is 2.70 bits per heavy atom. The van der Waals surface area contributed by atoms with Crippen molar-refractivity contribution >= 4 is 50.8 Å². The van der Waals surface area contributed by atoms with E-state index in [1.807, 2.05) is 35.7 Å². The SMILES string of the molecule is O=C(/C=C/c1cccc(Cl)c1)Nc1nc(-c2ccc3ccccc3c2)cs1. The Bertz CT molecular complexity index is 1150. The number of thiazole rings is 1. The Morgan fingerprint density at radius 2 is 1.85 bits per heavy atom. The maximum Gasteiger partial charge on any atom is 0.250 e. The Balaban J connectivity index is 1.47. The molecule has 4 rings (SSSR count). The Labute approximate surface area is 166 Å². The van der Waals surface area contributed by atoms with Crippen LogP contribution in [0.1, 0.15) is 5.56 Å². The average Bonchev–Trinajstić information content (AvgIpc) is 3.14. The fourth-order valence-corrected chi connectivity index (χ4v) is 3.66. The van der Waals surface area contributed by atoms with E-state index in [1.165, 1.54) is 22.8 Å². The van der Waals surface area contributed by atoms with Crippen molar-refractivity contribution in [1.29, 1.82) is 0 Å². The van der Waals surface area contributed by atoms with Gasteiger partial charge in [-0.1, -0.05) is 60.1 Å². The third kappa shape index (κ3) is 4.25. The summed E-state index contributed by atoms with van der Waals surface area (Å²) in [6.07, 6.45) is 3.20. The lowest BCUT2D eigenvalue weighted by Gasteiger charge is -2.01. The third-order valence-electron chi connectivity index (χ3n) is 4.06. The lowest BCUT2D eigenvalue weighted by molar-refractivity contribution is -0.111. The highest BCUT2D eigenvalue weighted by molar-refractivity contribution is 7.14. The second-order valence-electron chi connectivity index (χ2n) is 5.98. The lowest BCUT2D eigenvalue weighted by Crippen LogP contribution is -2.07. The molecule has 3 nitrogen and oxygen atoms in total. The van der Waals surface area contributed by atoms with Crippen LogP contribution in [0.25, 0.3) is 28.1 Å². The van der Waals surface area contributed by atoms with Gasteiger partial charge in [-0.2, -0.15) is 0 Å². The van der Waals surface area contributed by atoms with Gasteiger partial charge in [0.2, 0.25) is 5.91 Å². The molecule has 0 unspecified atom stereocenters. The van der Waals surface area contributed by atoms with E-state index < -0.39 is 0 Å². The van der Waals surface area contributed by atoms with Gasteiger partial charge in [-0.25, -0.2) is 4.98 Å². The van der Waals surface area contributed by atoms with Gasteiger partial charge < -0.3 is 0 Å². The molecule has 1 heterocycles. The standard InChI is InChI=1S/C22H15ClN2OS/c23-19-7-3-4-15(12-19)8-11-21(26)25-22-24-20(14-27-22)18-10-9-16-5-1-2-6-17(16)13-18/h1-14H,(H,24,25,26)/b11-8+. The minimum atomic E-state index is -0.227. The van der Waals surface area contributed by atoms with Crippen LogP contribution in [0.5, 0.6) is 0 Å². The molecule has 1 amide bonds. The van der Waals surface area contributed by atoms with E-state index in [0.717, 1.165) is 22.2 Å². The van der Waals surface area contributed by atoms with Crippen LogP contribution in [-0.2, 0) is 4.79 Å². The van der Waals surface area contributed by atoms with E-state index in [0.29, 0.717) is 10.2 Å². The van der Waals surface area contributed by atoms with Crippen LogP contribution in [0.4, 0.5) is 5.13 Å². The molecule has 1 aromatic heterocycles. The van der Waals surface area contributed by atoms with Gasteiger partial charge in [-0.05, 0) is 40.6 Å².